The predicted molar refractivity (Wildman–Crippen MR) is 79.6 cm³/mol. The van der Waals surface area contributed by atoms with E-state index in [2.05, 4.69) is 33.0 Å². The second-order valence-corrected chi connectivity index (χ2v) is 9.63. The lowest BCUT2D eigenvalue weighted by Crippen LogP contribution is -2.39. The third-order valence-corrected chi connectivity index (χ3v) is 6.66. The first-order valence-electron chi connectivity index (χ1n) is 6.89. The highest BCUT2D eigenvalue weighted by Gasteiger charge is 2.34. The Labute approximate surface area is 114 Å². The minimum absolute atomic E-state index is 0.0360. The standard InChI is InChI=1S/C14H31NO2S/c1-8-15-11-14(7,12(2)3)9-10-18(16,17)13(4,5)6/h12,15H,8-11H2,1-7H3. The Morgan fingerprint density at radius 1 is 1.11 bits per heavy atom. The summed E-state index contributed by atoms with van der Waals surface area (Å²) < 4.78 is 23.7. The molecule has 0 bridgehead atoms. The predicted octanol–water partition coefficient (Wildman–Crippen LogP) is 2.86. The van der Waals surface area contributed by atoms with Crippen molar-refractivity contribution in [3.63, 3.8) is 0 Å². The van der Waals surface area contributed by atoms with Crippen molar-refractivity contribution in [2.75, 3.05) is 18.8 Å². The van der Waals surface area contributed by atoms with E-state index in [-0.39, 0.29) is 11.2 Å². The average molecular weight is 277 g/mol. The van der Waals surface area contributed by atoms with Crippen molar-refractivity contribution in [1.29, 1.82) is 0 Å². The fourth-order valence-electron chi connectivity index (χ4n) is 1.67. The third kappa shape index (κ3) is 4.88. The summed E-state index contributed by atoms with van der Waals surface area (Å²) in [6, 6.07) is 0. The highest BCUT2D eigenvalue weighted by atomic mass is 32.2. The topological polar surface area (TPSA) is 46.2 Å². The van der Waals surface area contributed by atoms with E-state index < -0.39 is 14.6 Å². The average Bonchev–Trinajstić information content (AvgIpc) is 2.22. The molecule has 0 aromatic rings. The molecule has 0 amide bonds. The molecular weight excluding hydrogens is 246 g/mol. The van der Waals surface area contributed by atoms with Crippen LogP contribution in [0.25, 0.3) is 0 Å². The van der Waals surface area contributed by atoms with E-state index in [0.29, 0.717) is 5.92 Å². The molecule has 3 nitrogen and oxygen atoms in total. The van der Waals surface area contributed by atoms with Gasteiger partial charge in [0.05, 0.1) is 10.5 Å². The first-order chi connectivity index (χ1) is 7.96. The molecule has 0 rings (SSSR count). The second-order valence-electron chi connectivity index (χ2n) is 6.77. The second kappa shape index (κ2) is 6.38. The van der Waals surface area contributed by atoms with Gasteiger partial charge >= 0.3 is 0 Å². The van der Waals surface area contributed by atoms with Gasteiger partial charge in [0.25, 0.3) is 0 Å². The van der Waals surface area contributed by atoms with Crippen molar-refractivity contribution in [2.45, 2.75) is 59.6 Å². The Kier molecular flexibility index (Phi) is 6.34. The Morgan fingerprint density at radius 3 is 1.94 bits per heavy atom. The molecule has 0 aromatic heterocycles. The minimum Gasteiger partial charge on any atom is -0.316 e. The molecule has 1 atom stereocenters. The van der Waals surface area contributed by atoms with Gasteiger partial charge in [0.1, 0.15) is 0 Å². The zero-order valence-corrected chi connectivity index (χ0v) is 13.9. The summed E-state index contributed by atoms with van der Waals surface area (Å²) in [7, 11) is -3.02. The molecule has 0 saturated carbocycles. The molecule has 4 heteroatoms. The highest BCUT2D eigenvalue weighted by molar-refractivity contribution is 7.92. The monoisotopic (exact) mass is 277 g/mol. The zero-order valence-electron chi connectivity index (χ0n) is 13.1. The number of sulfone groups is 1. The Bertz CT molecular complexity index is 341. The lowest BCUT2D eigenvalue weighted by atomic mass is 9.77. The van der Waals surface area contributed by atoms with Crippen LogP contribution < -0.4 is 5.32 Å². The van der Waals surface area contributed by atoms with E-state index in [1.54, 1.807) is 20.8 Å². The molecule has 0 aromatic carbocycles. The van der Waals surface area contributed by atoms with Crippen LogP contribution in [0, 0.1) is 11.3 Å². The molecule has 0 saturated heterocycles. The SMILES string of the molecule is CCNCC(C)(CCS(=O)(=O)C(C)(C)C)C(C)C. The molecule has 0 radical (unpaired) electrons. The van der Waals surface area contributed by atoms with Crippen LogP contribution in [0.1, 0.15) is 54.9 Å². The minimum atomic E-state index is -3.02. The summed E-state index contributed by atoms with van der Waals surface area (Å²) in [6.07, 6.45) is 0.720. The van der Waals surface area contributed by atoms with E-state index >= 15 is 0 Å². The van der Waals surface area contributed by atoms with Gasteiger partial charge in [-0.25, -0.2) is 8.42 Å². The largest absolute Gasteiger partial charge is 0.316 e. The van der Waals surface area contributed by atoms with Gasteiger partial charge in [0, 0.05) is 6.54 Å². The first-order valence-corrected chi connectivity index (χ1v) is 8.54. The van der Waals surface area contributed by atoms with Gasteiger partial charge in [-0.1, -0.05) is 27.7 Å². The molecule has 0 aliphatic heterocycles. The van der Waals surface area contributed by atoms with Crippen LogP contribution in [0.4, 0.5) is 0 Å². The maximum atomic E-state index is 12.2. The van der Waals surface area contributed by atoms with Crippen molar-refractivity contribution in [2.24, 2.45) is 11.3 Å². The zero-order chi connectivity index (χ0) is 14.6. The summed E-state index contributed by atoms with van der Waals surface area (Å²) in [6.45, 7) is 15.7. The van der Waals surface area contributed by atoms with Gasteiger partial charge in [-0.3, -0.25) is 0 Å². The van der Waals surface area contributed by atoms with Crippen LogP contribution in [0.2, 0.25) is 0 Å². The smallest absolute Gasteiger partial charge is 0.155 e. The fraction of sp³-hybridized carbons (Fsp3) is 1.00. The fourth-order valence-corrected chi connectivity index (χ4v) is 3.01. The molecule has 18 heavy (non-hydrogen) atoms. The number of nitrogens with one attached hydrogen (secondary N) is 1. The molecule has 1 unspecified atom stereocenters. The normalized spacial score (nSPS) is 16.9. The van der Waals surface area contributed by atoms with Crippen molar-refractivity contribution < 1.29 is 8.42 Å². The van der Waals surface area contributed by atoms with Crippen molar-refractivity contribution in [1.82, 2.24) is 5.32 Å². The highest BCUT2D eigenvalue weighted by Crippen LogP contribution is 2.32. The molecule has 0 spiro atoms. The molecule has 1 N–H and O–H groups in total. The van der Waals surface area contributed by atoms with Crippen LogP contribution in [-0.4, -0.2) is 32.0 Å². The molecule has 0 aliphatic carbocycles. The van der Waals surface area contributed by atoms with Crippen molar-refractivity contribution in [3.8, 4) is 0 Å². The lowest BCUT2D eigenvalue weighted by Gasteiger charge is -2.35. The van der Waals surface area contributed by atoms with Crippen LogP contribution in [0.3, 0.4) is 0 Å². The Hall–Kier alpha value is -0.0900. The molecule has 110 valence electrons. The third-order valence-electron chi connectivity index (χ3n) is 4.05. The Morgan fingerprint density at radius 2 is 1.61 bits per heavy atom. The van der Waals surface area contributed by atoms with Gasteiger partial charge in [-0.2, -0.15) is 0 Å². The Balaban J connectivity index is 4.74. The van der Waals surface area contributed by atoms with Gasteiger partial charge in [-0.05, 0) is 45.1 Å². The van der Waals surface area contributed by atoms with Gasteiger partial charge < -0.3 is 5.32 Å². The van der Waals surface area contributed by atoms with Crippen molar-refractivity contribution >= 4 is 9.84 Å². The first kappa shape index (κ1) is 17.9. The van der Waals surface area contributed by atoms with Crippen molar-refractivity contribution in [3.05, 3.63) is 0 Å². The lowest BCUT2D eigenvalue weighted by molar-refractivity contribution is 0.202. The molecular formula is C14H31NO2S. The van der Waals surface area contributed by atoms with E-state index in [9.17, 15) is 8.42 Å². The molecule has 0 heterocycles. The van der Waals surface area contributed by atoms with E-state index in [1.165, 1.54) is 0 Å². The van der Waals surface area contributed by atoms with E-state index in [1.807, 2.05) is 0 Å². The summed E-state index contributed by atoms with van der Waals surface area (Å²) in [5, 5.41) is 3.35. The van der Waals surface area contributed by atoms with Gasteiger partial charge in [-0.15, -0.1) is 0 Å². The van der Waals surface area contributed by atoms with Crippen LogP contribution >= 0.6 is 0 Å². The van der Waals surface area contributed by atoms with E-state index in [0.717, 1.165) is 19.5 Å². The quantitative estimate of drug-likeness (QED) is 0.778. The number of hydrogen-bond donors (Lipinski definition) is 1. The van der Waals surface area contributed by atoms with E-state index in [4.69, 9.17) is 0 Å². The maximum absolute atomic E-state index is 12.2. The molecule has 0 fully saturated rings. The number of rotatable bonds is 7. The van der Waals surface area contributed by atoms with Gasteiger partial charge in [0.15, 0.2) is 9.84 Å². The van der Waals surface area contributed by atoms with Crippen LogP contribution in [0.15, 0.2) is 0 Å². The summed E-state index contributed by atoms with van der Waals surface area (Å²) in [5.74, 6) is 0.739. The summed E-state index contributed by atoms with van der Waals surface area (Å²) >= 11 is 0. The number of hydrogen-bond acceptors (Lipinski definition) is 3. The van der Waals surface area contributed by atoms with Crippen LogP contribution in [0.5, 0.6) is 0 Å². The molecule has 0 aliphatic rings. The summed E-state index contributed by atoms with van der Waals surface area (Å²) in [5.41, 5.74) is 0.0360. The van der Waals surface area contributed by atoms with Crippen LogP contribution in [-0.2, 0) is 9.84 Å². The summed E-state index contributed by atoms with van der Waals surface area (Å²) in [4.78, 5) is 0. The maximum Gasteiger partial charge on any atom is 0.155 e. The van der Waals surface area contributed by atoms with Gasteiger partial charge in [0.2, 0.25) is 0 Å².